The van der Waals surface area contributed by atoms with Crippen LogP contribution in [0.1, 0.15) is 19.3 Å². The van der Waals surface area contributed by atoms with E-state index in [0.29, 0.717) is 0 Å². The summed E-state index contributed by atoms with van der Waals surface area (Å²) in [7, 11) is 0. The fourth-order valence-corrected chi connectivity index (χ4v) is 0.649. The Morgan fingerprint density at radius 2 is 2.11 bits per heavy atom. The fourth-order valence-electron chi connectivity index (χ4n) is 0.558. The van der Waals surface area contributed by atoms with E-state index in [4.69, 9.17) is 5.73 Å². The zero-order chi connectivity index (χ0) is 6.95. The van der Waals surface area contributed by atoms with E-state index >= 15 is 0 Å². The van der Waals surface area contributed by atoms with Crippen LogP contribution >= 0.6 is 12.2 Å². The van der Waals surface area contributed by atoms with Gasteiger partial charge < -0.3 is 5.73 Å². The Balaban J connectivity index is 2.82. The quantitative estimate of drug-likeness (QED) is 0.358. The molecule has 0 saturated heterocycles. The standard InChI is InChI=1S/C6H12N2S/c7-4-2-1-3-5-8-6-9/h1-5,7H2. The van der Waals surface area contributed by atoms with Gasteiger partial charge in [-0.15, -0.1) is 0 Å². The van der Waals surface area contributed by atoms with Crippen LogP contribution in [0.15, 0.2) is 4.99 Å². The third-order valence-electron chi connectivity index (χ3n) is 1.04. The third kappa shape index (κ3) is 7.76. The van der Waals surface area contributed by atoms with Crippen LogP contribution in [0.3, 0.4) is 0 Å². The molecule has 0 aromatic carbocycles. The molecule has 0 aromatic heterocycles. The van der Waals surface area contributed by atoms with Crippen LogP contribution in [0.4, 0.5) is 0 Å². The molecule has 52 valence electrons. The molecule has 0 aliphatic carbocycles. The highest BCUT2D eigenvalue weighted by Crippen LogP contribution is 1.92. The number of isothiocyanates is 1. The van der Waals surface area contributed by atoms with Crippen molar-refractivity contribution in [3.05, 3.63) is 0 Å². The summed E-state index contributed by atoms with van der Waals surface area (Å²) in [5.41, 5.74) is 5.28. The summed E-state index contributed by atoms with van der Waals surface area (Å²) in [4.78, 5) is 3.77. The summed E-state index contributed by atoms with van der Waals surface area (Å²) in [6.07, 6.45) is 3.32. The normalized spacial score (nSPS) is 8.56. The van der Waals surface area contributed by atoms with Gasteiger partial charge in [0, 0.05) is 6.54 Å². The molecule has 0 fully saturated rings. The number of nitrogens with zero attached hydrogens (tertiary/aromatic N) is 1. The maximum absolute atomic E-state index is 5.28. The Morgan fingerprint density at radius 3 is 2.67 bits per heavy atom. The predicted octanol–water partition coefficient (Wildman–Crippen LogP) is 1.22. The molecule has 0 bridgehead atoms. The van der Waals surface area contributed by atoms with Gasteiger partial charge in [-0.2, -0.15) is 0 Å². The van der Waals surface area contributed by atoms with Crippen molar-refractivity contribution >= 4 is 17.4 Å². The third-order valence-corrected chi connectivity index (χ3v) is 1.17. The lowest BCUT2D eigenvalue weighted by Crippen LogP contribution is -1.97. The van der Waals surface area contributed by atoms with Crippen molar-refractivity contribution in [1.82, 2.24) is 0 Å². The molecule has 0 saturated carbocycles. The monoisotopic (exact) mass is 144 g/mol. The average Bonchev–Trinajstić information content (AvgIpc) is 1.89. The van der Waals surface area contributed by atoms with Crippen molar-refractivity contribution in [2.75, 3.05) is 13.1 Å². The first-order chi connectivity index (χ1) is 4.41. The van der Waals surface area contributed by atoms with Gasteiger partial charge in [-0.3, -0.25) is 0 Å². The first-order valence-corrected chi connectivity index (χ1v) is 3.56. The van der Waals surface area contributed by atoms with Gasteiger partial charge in [-0.1, -0.05) is 6.42 Å². The van der Waals surface area contributed by atoms with E-state index in [1.54, 1.807) is 0 Å². The molecule has 0 amide bonds. The molecular weight excluding hydrogens is 132 g/mol. The Morgan fingerprint density at radius 1 is 1.33 bits per heavy atom. The molecule has 9 heavy (non-hydrogen) atoms. The highest BCUT2D eigenvalue weighted by Gasteiger charge is 1.83. The minimum atomic E-state index is 0.779. The molecule has 0 aromatic rings. The van der Waals surface area contributed by atoms with Crippen molar-refractivity contribution in [2.24, 2.45) is 10.7 Å². The minimum Gasteiger partial charge on any atom is -0.330 e. The molecule has 0 spiro atoms. The first-order valence-electron chi connectivity index (χ1n) is 3.15. The van der Waals surface area contributed by atoms with Crippen molar-refractivity contribution < 1.29 is 0 Å². The zero-order valence-corrected chi connectivity index (χ0v) is 6.28. The van der Waals surface area contributed by atoms with E-state index in [2.05, 4.69) is 22.4 Å². The Bertz CT molecular complexity index is 97.2. The van der Waals surface area contributed by atoms with Gasteiger partial charge >= 0.3 is 0 Å². The van der Waals surface area contributed by atoms with Gasteiger partial charge in [-0.05, 0) is 31.6 Å². The van der Waals surface area contributed by atoms with Crippen molar-refractivity contribution in [1.29, 1.82) is 0 Å². The van der Waals surface area contributed by atoms with Gasteiger partial charge in [0.2, 0.25) is 0 Å². The number of rotatable bonds is 5. The van der Waals surface area contributed by atoms with E-state index in [0.717, 1.165) is 32.4 Å². The number of aliphatic imine (C=N–C) groups is 1. The molecule has 2 nitrogen and oxygen atoms in total. The summed E-state index contributed by atoms with van der Waals surface area (Å²) < 4.78 is 0. The Labute approximate surface area is 61.2 Å². The van der Waals surface area contributed by atoms with Crippen molar-refractivity contribution in [3.8, 4) is 0 Å². The second kappa shape index (κ2) is 7.76. The lowest BCUT2D eigenvalue weighted by atomic mass is 10.2. The molecule has 0 unspecified atom stereocenters. The topological polar surface area (TPSA) is 38.4 Å². The fraction of sp³-hybridized carbons (Fsp3) is 0.833. The van der Waals surface area contributed by atoms with E-state index in [-0.39, 0.29) is 0 Å². The number of thiocarbonyl (C=S) groups is 1. The molecule has 0 atom stereocenters. The van der Waals surface area contributed by atoms with Gasteiger partial charge in [0.1, 0.15) is 0 Å². The van der Waals surface area contributed by atoms with Crippen LogP contribution in [0.5, 0.6) is 0 Å². The lowest BCUT2D eigenvalue weighted by Gasteiger charge is -1.91. The second-order valence-corrected chi connectivity index (χ2v) is 2.00. The van der Waals surface area contributed by atoms with Crippen LogP contribution in [-0.2, 0) is 0 Å². The minimum absolute atomic E-state index is 0.779. The smallest absolute Gasteiger partial charge is 0.0584 e. The summed E-state index contributed by atoms with van der Waals surface area (Å²) in [5.74, 6) is 0. The molecule has 0 rings (SSSR count). The number of nitrogens with two attached hydrogens (primary N) is 1. The van der Waals surface area contributed by atoms with E-state index in [1.807, 2.05) is 0 Å². The summed E-state index contributed by atoms with van der Waals surface area (Å²) >= 11 is 4.39. The molecular formula is C6H12N2S. The maximum Gasteiger partial charge on any atom is 0.0584 e. The van der Waals surface area contributed by atoms with Gasteiger partial charge in [0.15, 0.2) is 0 Å². The van der Waals surface area contributed by atoms with E-state index in [1.165, 1.54) is 0 Å². The van der Waals surface area contributed by atoms with Crippen LogP contribution in [-0.4, -0.2) is 18.3 Å². The molecule has 2 N–H and O–H groups in total. The highest BCUT2D eigenvalue weighted by atomic mass is 32.1. The Kier molecular flexibility index (Phi) is 7.55. The molecule has 0 heterocycles. The summed E-state index contributed by atoms with van der Waals surface area (Å²) in [6, 6.07) is 0. The van der Waals surface area contributed by atoms with Crippen molar-refractivity contribution in [2.45, 2.75) is 19.3 Å². The van der Waals surface area contributed by atoms with Crippen LogP contribution in [0.2, 0.25) is 0 Å². The van der Waals surface area contributed by atoms with Crippen LogP contribution < -0.4 is 5.73 Å². The maximum atomic E-state index is 5.28. The molecule has 0 radical (unpaired) electrons. The molecule has 0 aliphatic rings. The predicted molar refractivity (Wildman–Crippen MR) is 42.8 cm³/mol. The SMILES string of the molecule is NCCCCCN=C=S. The molecule has 3 heteroatoms. The first kappa shape index (κ1) is 8.76. The van der Waals surface area contributed by atoms with Crippen LogP contribution in [0, 0.1) is 0 Å². The van der Waals surface area contributed by atoms with Gasteiger partial charge in [-0.25, -0.2) is 4.99 Å². The summed E-state index contributed by atoms with van der Waals surface area (Å²) in [5, 5.41) is 2.32. The second-order valence-electron chi connectivity index (χ2n) is 1.82. The van der Waals surface area contributed by atoms with Gasteiger partial charge in [0.05, 0.1) is 5.16 Å². The van der Waals surface area contributed by atoms with E-state index in [9.17, 15) is 0 Å². The highest BCUT2D eigenvalue weighted by molar-refractivity contribution is 7.78. The molecule has 0 aliphatic heterocycles. The van der Waals surface area contributed by atoms with Gasteiger partial charge in [0.25, 0.3) is 0 Å². The number of unbranched alkanes of at least 4 members (excludes halogenated alkanes) is 2. The number of hydrogen-bond acceptors (Lipinski definition) is 3. The van der Waals surface area contributed by atoms with Crippen LogP contribution in [0.25, 0.3) is 0 Å². The van der Waals surface area contributed by atoms with E-state index < -0.39 is 0 Å². The largest absolute Gasteiger partial charge is 0.330 e. The average molecular weight is 144 g/mol. The number of hydrogen-bond donors (Lipinski definition) is 1. The zero-order valence-electron chi connectivity index (χ0n) is 5.47. The lowest BCUT2D eigenvalue weighted by molar-refractivity contribution is 0.697. The Hall–Kier alpha value is -0.240. The van der Waals surface area contributed by atoms with Crippen molar-refractivity contribution in [3.63, 3.8) is 0 Å². The summed E-state index contributed by atoms with van der Waals surface area (Å²) in [6.45, 7) is 1.59.